The molecule has 1 aromatic heterocycles. The average molecular weight is 272 g/mol. The number of methoxy groups -OCH3 is 1. The summed E-state index contributed by atoms with van der Waals surface area (Å²) < 4.78 is 5.32. The van der Waals surface area contributed by atoms with E-state index < -0.39 is 12.0 Å². The molecule has 0 saturated carbocycles. The molecule has 0 amide bonds. The minimum atomic E-state index is -0.768. The Morgan fingerprint density at radius 2 is 2.30 bits per heavy atom. The fraction of sp³-hybridized carbons (Fsp3) is 0.333. The number of nitrogens with zero attached hydrogens (tertiary/aromatic N) is 2. The van der Waals surface area contributed by atoms with Gasteiger partial charge in [-0.1, -0.05) is 12.1 Å². The van der Waals surface area contributed by atoms with Crippen LogP contribution in [0.4, 0.5) is 5.69 Å². The van der Waals surface area contributed by atoms with E-state index in [1.165, 1.54) is 0 Å². The summed E-state index contributed by atoms with van der Waals surface area (Å²) in [7, 11) is 1.61. The Morgan fingerprint density at radius 1 is 1.45 bits per heavy atom. The smallest absolute Gasteiger partial charge is 0.326 e. The number of pyridine rings is 1. The highest BCUT2D eigenvalue weighted by atomic mass is 16.5. The summed E-state index contributed by atoms with van der Waals surface area (Å²) in [5, 5.41) is 10.3. The van der Waals surface area contributed by atoms with Gasteiger partial charge in [0.25, 0.3) is 0 Å². The van der Waals surface area contributed by atoms with Crippen LogP contribution in [0.2, 0.25) is 0 Å². The number of aromatic nitrogens is 1. The predicted molar refractivity (Wildman–Crippen MR) is 76.3 cm³/mol. The maximum atomic E-state index is 11.4. The number of para-hydroxylation sites is 1. The fourth-order valence-electron chi connectivity index (χ4n) is 2.86. The maximum Gasteiger partial charge on any atom is 0.326 e. The average Bonchev–Trinajstić information content (AvgIpc) is 2.95. The summed E-state index contributed by atoms with van der Waals surface area (Å²) in [6, 6.07) is 7.14. The number of hydrogen-bond acceptors (Lipinski definition) is 4. The Morgan fingerprint density at radius 3 is 3.05 bits per heavy atom. The molecule has 1 aliphatic heterocycles. The molecule has 20 heavy (non-hydrogen) atoms. The van der Waals surface area contributed by atoms with Crippen molar-refractivity contribution >= 4 is 22.6 Å². The molecule has 1 saturated heterocycles. The molecule has 1 aromatic carbocycles. The van der Waals surface area contributed by atoms with Crippen molar-refractivity contribution in [1.82, 2.24) is 4.98 Å². The topological polar surface area (TPSA) is 62.7 Å². The lowest BCUT2D eigenvalue weighted by molar-refractivity contribution is -0.138. The lowest BCUT2D eigenvalue weighted by Crippen LogP contribution is -2.36. The zero-order valence-corrected chi connectivity index (χ0v) is 11.2. The van der Waals surface area contributed by atoms with Crippen LogP contribution in [0.3, 0.4) is 0 Å². The molecule has 1 N–H and O–H groups in total. The van der Waals surface area contributed by atoms with Crippen LogP contribution in [0, 0.1) is 0 Å². The third kappa shape index (κ3) is 1.95. The van der Waals surface area contributed by atoms with Crippen LogP contribution >= 0.6 is 0 Å². The molecule has 2 heterocycles. The fourth-order valence-corrected chi connectivity index (χ4v) is 2.86. The SMILES string of the molecule is COc1cccc2c(N3CCC[C@@H]3C(=O)O)ccnc12. The van der Waals surface area contributed by atoms with Gasteiger partial charge < -0.3 is 14.7 Å². The largest absolute Gasteiger partial charge is 0.494 e. The minimum absolute atomic E-state index is 0.452. The molecule has 0 radical (unpaired) electrons. The van der Waals surface area contributed by atoms with E-state index >= 15 is 0 Å². The Hall–Kier alpha value is -2.30. The standard InChI is InChI=1S/C15H16N2O3/c1-20-13-6-2-4-10-11(7-8-16-14(10)13)17-9-3-5-12(17)15(18)19/h2,4,6-8,12H,3,5,9H2,1H3,(H,18,19)/t12-/m1/s1. The summed E-state index contributed by atoms with van der Waals surface area (Å²) in [4.78, 5) is 17.7. The molecule has 0 spiro atoms. The summed E-state index contributed by atoms with van der Waals surface area (Å²) in [5.41, 5.74) is 1.68. The van der Waals surface area contributed by atoms with Crippen molar-refractivity contribution in [3.63, 3.8) is 0 Å². The van der Waals surface area contributed by atoms with Crippen molar-refractivity contribution in [3.8, 4) is 5.75 Å². The van der Waals surface area contributed by atoms with E-state index in [-0.39, 0.29) is 0 Å². The number of carboxylic acids is 1. The van der Waals surface area contributed by atoms with Crippen LogP contribution in [0.5, 0.6) is 5.75 Å². The summed E-state index contributed by atoms with van der Waals surface area (Å²) in [6.07, 6.45) is 3.28. The lowest BCUT2D eigenvalue weighted by atomic mass is 10.1. The molecule has 0 aliphatic carbocycles. The van der Waals surface area contributed by atoms with E-state index in [1.54, 1.807) is 13.3 Å². The second-order valence-electron chi connectivity index (χ2n) is 4.88. The molecule has 1 aliphatic rings. The normalized spacial score (nSPS) is 18.4. The predicted octanol–water partition coefficient (Wildman–Crippen LogP) is 2.30. The molecule has 104 valence electrons. The molecule has 5 nitrogen and oxygen atoms in total. The highest BCUT2D eigenvalue weighted by Crippen LogP contribution is 2.34. The van der Waals surface area contributed by atoms with Crippen LogP contribution in [0.25, 0.3) is 10.9 Å². The van der Waals surface area contributed by atoms with E-state index in [9.17, 15) is 9.90 Å². The van der Waals surface area contributed by atoms with Crippen molar-refractivity contribution in [2.75, 3.05) is 18.6 Å². The van der Waals surface area contributed by atoms with Gasteiger partial charge in [-0.05, 0) is 25.0 Å². The number of carboxylic acid groups (broad SMARTS) is 1. The first-order valence-electron chi connectivity index (χ1n) is 6.63. The molecule has 2 aromatic rings. The second-order valence-corrected chi connectivity index (χ2v) is 4.88. The highest BCUT2D eigenvalue weighted by molar-refractivity contribution is 5.96. The van der Waals surface area contributed by atoms with Gasteiger partial charge in [0.05, 0.1) is 7.11 Å². The van der Waals surface area contributed by atoms with E-state index in [1.807, 2.05) is 29.2 Å². The Bertz CT molecular complexity index is 657. The lowest BCUT2D eigenvalue weighted by Gasteiger charge is -2.25. The van der Waals surface area contributed by atoms with Gasteiger partial charge in [-0.3, -0.25) is 4.98 Å². The summed E-state index contributed by atoms with van der Waals surface area (Å²) in [6.45, 7) is 0.757. The number of hydrogen-bond donors (Lipinski definition) is 1. The zero-order chi connectivity index (χ0) is 14.1. The van der Waals surface area contributed by atoms with Gasteiger partial charge in [0.2, 0.25) is 0 Å². The number of ether oxygens (including phenoxy) is 1. The quantitative estimate of drug-likeness (QED) is 0.928. The van der Waals surface area contributed by atoms with Crippen LogP contribution in [0.1, 0.15) is 12.8 Å². The van der Waals surface area contributed by atoms with Gasteiger partial charge >= 0.3 is 5.97 Å². The first-order valence-corrected chi connectivity index (χ1v) is 6.63. The van der Waals surface area contributed by atoms with Gasteiger partial charge in [-0.25, -0.2) is 4.79 Å². The second kappa shape index (κ2) is 5.00. The van der Waals surface area contributed by atoms with Crippen molar-refractivity contribution < 1.29 is 14.6 Å². The molecular formula is C15H16N2O3. The van der Waals surface area contributed by atoms with E-state index in [0.29, 0.717) is 12.2 Å². The molecule has 0 bridgehead atoms. The third-order valence-corrected chi connectivity index (χ3v) is 3.78. The molecular weight excluding hydrogens is 256 g/mol. The molecule has 0 unspecified atom stereocenters. The highest BCUT2D eigenvalue weighted by Gasteiger charge is 2.31. The maximum absolute atomic E-state index is 11.4. The van der Waals surface area contributed by atoms with Crippen LogP contribution in [-0.2, 0) is 4.79 Å². The third-order valence-electron chi connectivity index (χ3n) is 3.78. The Kier molecular flexibility index (Phi) is 3.18. The molecule has 1 fully saturated rings. The van der Waals surface area contributed by atoms with Gasteiger partial charge in [0.1, 0.15) is 17.3 Å². The van der Waals surface area contributed by atoms with Crippen LogP contribution in [0.15, 0.2) is 30.5 Å². The first-order chi connectivity index (χ1) is 9.72. The Labute approximate surface area is 116 Å². The van der Waals surface area contributed by atoms with Crippen LogP contribution in [-0.4, -0.2) is 35.8 Å². The number of anilines is 1. The number of fused-ring (bicyclic) bond motifs is 1. The number of benzene rings is 1. The summed E-state index contributed by atoms with van der Waals surface area (Å²) in [5.74, 6) is -0.0641. The first kappa shape index (κ1) is 12.7. The van der Waals surface area contributed by atoms with Crippen molar-refractivity contribution in [3.05, 3.63) is 30.5 Å². The molecule has 1 atom stereocenters. The number of carbonyl (C=O) groups is 1. The van der Waals surface area contributed by atoms with Gasteiger partial charge in [0, 0.05) is 23.8 Å². The number of aliphatic carboxylic acids is 1. The minimum Gasteiger partial charge on any atom is -0.494 e. The Balaban J connectivity index is 2.14. The zero-order valence-electron chi connectivity index (χ0n) is 11.2. The van der Waals surface area contributed by atoms with E-state index in [4.69, 9.17) is 4.74 Å². The van der Waals surface area contributed by atoms with Gasteiger partial charge in [-0.2, -0.15) is 0 Å². The molecule has 3 rings (SSSR count). The monoisotopic (exact) mass is 272 g/mol. The van der Waals surface area contributed by atoms with Crippen molar-refractivity contribution in [2.45, 2.75) is 18.9 Å². The van der Waals surface area contributed by atoms with Gasteiger partial charge in [-0.15, -0.1) is 0 Å². The van der Waals surface area contributed by atoms with Crippen LogP contribution < -0.4 is 9.64 Å². The summed E-state index contributed by atoms with van der Waals surface area (Å²) >= 11 is 0. The van der Waals surface area contributed by atoms with Gasteiger partial charge in [0.15, 0.2) is 0 Å². The van der Waals surface area contributed by atoms with Crippen molar-refractivity contribution in [2.24, 2.45) is 0 Å². The van der Waals surface area contributed by atoms with E-state index in [2.05, 4.69) is 4.98 Å². The van der Waals surface area contributed by atoms with Crippen molar-refractivity contribution in [1.29, 1.82) is 0 Å². The number of rotatable bonds is 3. The van der Waals surface area contributed by atoms with E-state index in [0.717, 1.165) is 29.6 Å². The molecule has 5 heteroatoms.